The molecule has 18 N–H and O–H groups in total. The van der Waals surface area contributed by atoms with E-state index in [2.05, 4.69) is 60.0 Å². The molecule has 0 saturated heterocycles. The van der Waals surface area contributed by atoms with Crippen molar-refractivity contribution in [2.24, 2.45) is 27.5 Å². The van der Waals surface area contributed by atoms with E-state index in [4.69, 9.17) is 61.1 Å². The Labute approximate surface area is 511 Å². The summed E-state index contributed by atoms with van der Waals surface area (Å²) in [5.41, 5.74) is 50.6. The third kappa shape index (κ3) is 14.8. The monoisotopic (exact) mass is 1170 g/mol. The minimum absolute atomic E-state index is 0.0435. The molecule has 0 fully saturated rings. The summed E-state index contributed by atoms with van der Waals surface area (Å²) >= 11 is 0. The number of aryl methyl sites for hydroxylation is 1. The fourth-order valence-corrected chi connectivity index (χ4v) is 9.21. The molecule has 4 aromatic heterocycles. The molecule has 0 aliphatic rings. The van der Waals surface area contributed by atoms with Crippen LogP contribution in [0.1, 0.15) is 66.0 Å². The largest absolute Gasteiger partial charge is 0.478 e. The van der Waals surface area contributed by atoms with Gasteiger partial charge in [-0.2, -0.15) is 0 Å². The zero-order valence-electron chi connectivity index (χ0n) is 47.8. The number of hydrogen-bond acceptors (Lipinski definition) is 14. The molecule has 18 heteroatoms. The number of anilines is 4. The summed E-state index contributed by atoms with van der Waals surface area (Å²) in [6.45, 7) is 2.04. The molecule has 12 rings (SSSR count). The van der Waals surface area contributed by atoms with Gasteiger partial charge in [0.05, 0.1) is 16.7 Å². The molecule has 0 unspecified atom stereocenters. The van der Waals surface area contributed by atoms with Crippen LogP contribution < -0.4 is 40.1 Å². The molecule has 8 aromatic carbocycles. The average Bonchev–Trinajstić information content (AvgIpc) is 1.37. The maximum Gasteiger partial charge on any atom is 0.335 e. The van der Waals surface area contributed by atoms with E-state index in [1.807, 2.05) is 128 Å². The first-order valence-corrected chi connectivity index (χ1v) is 27.3. The molecule has 0 radical (unpaired) electrons. The van der Waals surface area contributed by atoms with Gasteiger partial charge in [0.2, 0.25) is 0 Å². The number of hydrogen-bond donors (Lipinski definition) is 11. The lowest BCUT2D eigenvalue weighted by molar-refractivity contribution is 0.0696. The topological polar surface area (TPSA) is 360 Å². The fourth-order valence-electron chi connectivity index (χ4n) is 9.21. The Morgan fingerprint density at radius 3 is 1.36 bits per heavy atom. The Hall–Kier alpha value is -13.1. The number of aromatic carboxylic acids is 1. The minimum Gasteiger partial charge on any atom is -0.478 e. The molecule has 12 aromatic rings. The summed E-state index contributed by atoms with van der Waals surface area (Å²) in [7, 11) is 0. The first-order chi connectivity index (χ1) is 43.1. The average molecular weight is 1170 g/mol. The molecule has 0 aliphatic carbocycles. The molecule has 18 nitrogen and oxygen atoms in total. The van der Waals surface area contributed by atoms with Crippen LogP contribution in [0.3, 0.4) is 0 Å². The number of fused-ring (bicyclic) bond motifs is 4. The van der Waals surface area contributed by atoms with Crippen LogP contribution in [0.25, 0.3) is 66.4 Å². The van der Waals surface area contributed by atoms with Crippen molar-refractivity contribution in [1.82, 2.24) is 19.9 Å². The number of nitrogens with two attached hydrogens (primary N) is 7. The summed E-state index contributed by atoms with van der Waals surface area (Å²) in [5.74, 6) is 13.4. The number of rotatable bonds is 7. The van der Waals surface area contributed by atoms with Crippen molar-refractivity contribution >= 4 is 102 Å². The zero-order chi connectivity index (χ0) is 63.0. The summed E-state index contributed by atoms with van der Waals surface area (Å²) in [4.78, 5) is 27.7. The van der Waals surface area contributed by atoms with Crippen LogP contribution in [0.15, 0.2) is 223 Å². The minimum atomic E-state index is -0.932. The first-order valence-electron chi connectivity index (χ1n) is 27.3. The number of nitrogens with one attached hydrogen (secondary N) is 1. The van der Waals surface area contributed by atoms with Crippen LogP contribution in [-0.4, -0.2) is 58.9 Å². The molecule has 4 heterocycles. The smallest absolute Gasteiger partial charge is 0.335 e. The molecule has 0 amide bonds. The second-order valence-electron chi connectivity index (χ2n) is 19.8. The lowest BCUT2D eigenvalue weighted by atomic mass is 9.99. The van der Waals surface area contributed by atoms with Gasteiger partial charge in [0.25, 0.3) is 0 Å². The predicted molar refractivity (Wildman–Crippen MR) is 358 cm³/mol. The van der Waals surface area contributed by atoms with Crippen LogP contribution in [0.2, 0.25) is 0 Å². The van der Waals surface area contributed by atoms with Gasteiger partial charge in [-0.25, -0.2) is 24.7 Å². The van der Waals surface area contributed by atoms with Crippen molar-refractivity contribution in [3.8, 4) is 34.8 Å². The molecule has 0 spiro atoms. The highest BCUT2D eigenvalue weighted by atomic mass is 16.4. The number of carboxylic acid groups (broad SMARTS) is 1. The lowest BCUT2D eigenvalue weighted by Gasteiger charge is -2.10. The number of benzene rings is 8. The number of carbonyl (C=O) groups is 1. The van der Waals surface area contributed by atoms with E-state index in [0.29, 0.717) is 45.5 Å². The van der Waals surface area contributed by atoms with E-state index in [1.165, 1.54) is 0 Å². The number of pyridine rings is 4. The molecular weight excluding hydrogens is 1110 g/mol. The standard InChI is InChI=1S/C19H16N2O2.C18H14N4O.C18H14N4.C16H14N4O/c1-12-2-6-15-11-21-18(20)16(17(15)10-12)9-5-13-3-7-14(8-4-13)19(22)23;19-17(22-23)13-8-5-12(6-9-13)7-10-16-15-4-2-1-3-14(15)11-21-18(16)20;19-17(20)13-8-5-12(6-9-13)7-10-16-15-4-2-1-3-14(15)11-22-18(16)21;17-15(20-21)11-7-5-10(6-8-11)14-13-4-2-1-3-12(13)9-19-16(14)18/h2-11H,1H3,(H2,20,21)(H,22,23);1-6,8-9,11,23H,(H2,19,22)(H2,20,21);1-6,8-9,11H,(H3,19,20)(H2,21,22);1-9,21H,(H2,17,20)(H2,18,19)/b9-5+;;;. The molecule has 0 bridgehead atoms. The SMILES string of the molecule is Cc1ccc2cnc(N)c(/C=C/c3ccc(C(=O)O)cc3)c2c1.N/C(=N/O)c1ccc(-c2c(N)ncc3ccccc23)cc1.N/C(=N/O)c1ccc(C#Cc2c(N)ncc3ccccc23)cc1.N=C(N)c1ccc(C#Cc2c(N)ncc3ccccc23)cc1. The molecule has 0 atom stereocenters. The molecule has 0 saturated carbocycles. The van der Waals surface area contributed by atoms with Gasteiger partial charge in [-0.15, -0.1) is 0 Å². The Balaban J connectivity index is 0.000000141. The summed E-state index contributed by atoms with van der Waals surface area (Å²) in [5, 5.41) is 47.7. The molecule has 0 aliphatic heterocycles. The van der Waals surface area contributed by atoms with Crippen LogP contribution in [0, 0.1) is 36.0 Å². The van der Waals surface area contributed by atoms with Crippen molar-refractivity contribution in [3.05, 3.63) is 274 Å². The summed E-state index contributed by atoms with van der Waals surface area (Å²) in [6.07, 6.45) is 10.8. The first kappa shape index (κ1) is 60.5. The quantitative estimate of drug-likeness (QED) is 0.0232. The number of oxime groups is 2. The van der Waals surface area contributed by atoms with Crippen LogP contribution in [-0.2, 0) is 0 Å². The molecule has 436 valence electrons. The van der Waals surface area contributed by atoms with Gasteiger partial charge in [0.15, 0.2) is 11.7 Å². The number of nitrogens with zero attached hydrogens (tertiary/aromatic N) is 6. The Kier molecular flexibility index (Phi) is 19.1. The van der Waals surface area contributed by atoms with Gasteiger partial charge in [-0.3, -0.25) is 5.41 Å². The van der Waals surface area contributed by atoms with E-state index in [1.54, 1.807) is 97.6 Å². The van der Waals surface area contributed by atoms with Gasteiger partial charge in [0, 0.05) is 96.0 Å². The lowest BCUT2D eigenvalue weighted by Crippen LogP contribution is -2.12. The Morgan fingerprint density at radius 1 is 0.461 bits per heavy atom. The van der Waals surface area contributed by atoms with Gasteiger partial charge >= 0.3 is 5.97 Å². The van der Waals surface area contributed by atoms with E-state index in [9.17, 15) is 4.79 Å². The maximum atomic E-state index is 10.9. The van der Waals surface area contributed by atoms with E-state index in [0.717, 1.165) is 87.6 Å². The third-order valence-corrected chi connectivity index (χ3v) is 13.9. The highest BCUT2D eigenvalue weighted by molar-refractivity contribution is 6.03. The van der Waals surface area contributed by atoms with E-state index < -0.39 is 5.97 Å². The third-order valence-electron chi connectivity index (χ3n) is 13.9. The zero-order valence-corrected chi connectivity index (χ0v) is 47.8. The molecule has 89 heavy (non-hydrogen) atoms. The van der Waals surface area contributed by atoms with Crippen molar-refractivity contribution in [1.29, 1.82) is 5.41 Å². The van der Waals surface area contributed by atoms with Gasteiger partial charge in [-0.1, -0.05) is 191 Å². The number of aromatic nitrogens is 4. The van der Waals surface area contributed by atoms with Crippen LogP contribution >= 0.6 is 0 Å². The summed E-state index contributed by atoms with van der Waals surface area (Å²) < 4.78 is 0. The normalized spacial score (nSPS) is 11.0. The second-order valence-corrected chi connectivity index (χ2v) is 19.8. The fraction of sp³-hybridized carbons (Fsp3) is 0.0141. The summed E-state index contributed by atoms with van der Waals surface area (Å²) in [6, 6.07) is 58.1. The van der Waals surface area contributed by atoms with Crippen LogP contribution in [0.4, 0.5) is 23.3 Å². The van der Waals surface area contributed by atoms with Crippen molar-refractivity contribution in [2.75, 3.05) is 22.9 Å². The van der Waals surface area contributed by atoms with Crippen molar-refractivity contribution in [3.63, 3.8) is 0 Å². The van der Waals surface area contributed by atoms with Crippen LogP contribution in [0.5, 0.6) is 0 Å². The highest BCUT2D eigenvalue weighted by Gasteiger charge is 2.12. The maximum absolute atomic E-state index is 10.9. The molecular formula is C71H58N14O4. The van der Waals surface area contributed by atoms with Crippen molar-refractivity contribution < 1.29 is 20.3 Å². The Morgan fingerprint density at radius 2 is 0.876 bits per heavy atom. The van der Waals surface area contributed by atoms with E-state index in [-0.39, 0.29) is 23.1 Å². The number of carboxylic acids is 1. The van der Waals surface area contributed by atoms with E-state index >= 15 is 0 Å². The van der Waals surface area contributed by atoms with Crippen molar-refractivity contribution in [2.45, 2.75) is 6.92 Å². The van der Waals surface area contributed by atoms with Gasteiger partial charge in [-0.05, 0) is 77.4 Å². The highest BCUT2D eigenvalue weighted by Crippen LogP contribution is 2.33. The second kappa shape index (κ2) is 28.0. The number of amidine groups is 3. The number of nitrogen functional groups attached to an aromatic ring is 5. The van der Waals surface area contributed by atoms with Gasteiger partial charge < -0.3 is 55.7 Å². The Bertz CT molecular complexity index is 4830. The van der Waals surface area contributed by atoms with Gasteiger partial charge in [0.1, 0.15) is 29.1 Å². The predicted octanol–water partition coefficient (Wildman–Crippen LogP) is 11.4.